The van der Waals surface area contributed by atoms with Crippen LogP contribution in [0.2, 0.25) is 0 Å². The van der Waals surface area contributed by atoms with Gasteiger partial charge in [0.15, 0.2) is 5.65 Å². The van der Waals surface area contributed by atoms with Crippen LogP contribution in [0.3, 0.4) is 0 Å². The summed E-state index contributed by atoms with van der Waals surface area (Å²) in [5.41, 5.74) is 3.51. The molecule has 1 amide bonds. The number of unbranched alkanes of at least 4 members (excludes halogenated alkanes) is 2. The van der Waals surface area contributed by atoms with Crippen molar-refractivity contribution < 1.29 is 14.3 Å². The van der Waals surface area contributed by atoms with Gasteiger partial charge in [-0.1, -0.05) is 62.2 Å². The Kier molecular flexibility index (Phi) is 7.32. The van der Waals surface area contributed by atoms with Crippen LogP contribution in [0.25, 0.3) is 28.3 Å². The van der Waals surface area contributed by atoms with Crippen molar-refractivity contribution in [3.05, 3.63) is 71.8 Å². The summed E-state index contributed by atoms with van der Waals surface area (Å²) >= 11 is 0. The second-order valence-corrected chi connectivity index (χ2v) is 7.92. The largest absolute Gasteiger partial charge is 0.462 e. The van der Waals surface area contributed by atoms with E-state index in [-0.39, 0.29) is 18.1 Å². The quantitative estimate of drug-likeness (QED) is 0.201. The number of ether oxygens (including phenoxy) is 1. The molecule has 4 rings (SSSR count). The lowest BCUT2D eigenvalue weighted by atomic mass is 10.2. The summed E-state index contributed by atoms with van der Waals surface area (Å²) in [6, 6.07) is 17.1. The van der Waals surface area contributed by atoms with Gasteiger partial charge in [0.25, 0.3) is 0 Å². The summed E-state index contributed by atoms with van der Waals surface area (Å²) in [5, 5.41) is 2.92. The van der Waals surface area contributed by atoms with Crippen LogP contribution in [0.15, 0.2) is 60.7 Å². The zero-order valence-corrected chi connectivity index (χ0v) is 19.5. The zero-order chi connectivity index (χ0) is 23.9. The number of aromatic nitrogens is 3. The summed E-state index contributed by atoms with van der Waals surface area (Å²) in [6.07, 6.45) is 6.11. The molecule has 34 heavy (non-hydrogen) atoms. The molecule has 0 fully saturated rings. The van der Waals surface area contributed by atoms with Crippen molar-refractivity contribution in [1.82, 2.24) is 14.5 Å². The van der Waals surface area contributed by atoms with E-state index in [0.717, 1.165) is 30.3 Å². The van der Waals surface area contributed by atoms with Gasteiger partial charge in [0, 0.05) is 12.6 Å². The van der Waals surface area contributed by atoms with E-state index in [0.29, 0.717) is 29.0 Å². The standard InChI is InChI=1S/C27H28N4O3/c1-3-5-11-18-31-25(30-22(32)17-16-19-12-7-6-8-13-19)23(27(33)34-4-2)24-26(31)29-21-15-10-9-14-20(21)28-24/h6-10,12-17H,3-5,11,18H2,1-2H3,(H,30,32). The van der Waals surface area contributed by atoms with Gasteiger partial charge in [0.2, 0.25) is 5.91 Å². The number of carbonyl (C=O) groups is 2. The molecule has 1 N–H and O–H groups in total. The number of rotatable bonds is 9. The number of aryl methyl sites for hydroxylation is 1. The van der Waals surface area contributed by atoms with Crippen LogP contribution >= 0.6 is 0 Å². The second-order valence-electron chi connectivity index (χ2n) is 7.92. The Labute approximate surface area is 198 Å². The maximum atomic E-state index is 13.0. The molecule has 0 unspecified atom stereocenters. The summed E-state index contributed by atoms with van der Waals surface area (Å²) in [4.78, 5) is 35.5. The number of nitrogens with zero attached hydrogens (tertiary/aromatic N) is 3. The minimum absolute atomic E-state index is 0.212. The Hall–Kier alpha value is -4.00. The van der Waals surface area contributed by atoms with Gasteiger partial charge in [-0.25, -0.2) is 14.8 Å². The maximum Gasteiger partial charge on any atom is 0.344 e. The van der Waals surface area contributed by atoms with Gasteiger partial charge in [0.1, 0.15) is 16.9 Å². The fraction of sp³-hybridized carbons (Fsp3) is 0.259. The number of fused-ring (bicyclic) bond motifs is 2. The van der Waals surface area contributed by atoms with Gasteiger partial charge >= 0.3 is 5.97 Å². The van der Waals surface area contributed by atoms with Crippen molar-refractivity contribution in [1.29, 1.82) is 0 Å². The van der Waals surface area contributed by atoms with Crippen molar-refractivity contribution in [3.63, 3.8) is 0 Å². The normalized spacial score (nSPS) is 11.4. The molecule has 2 heterocycles. The Morgan fingerprint density at radius 2 is 1.68 bits per heavy atom. The van der Waals surface area contributed by atoms with Gasteiger partial charge in [-0.2, -0.15) is 0 Å². The Morgan fingerprint density at radius 3 is 2.38 bits per heavy atom. The zero-order valence-electron chi connectivity index (χ0n) is 19.5. The third-order valence-electron chi connectivity index (χ3n) is 5.48. The minimum Gasteiger partial charge on any atom is -0.462 e. The van der Waals surface area contributed by atoms with Crippen LogP contribution in [0.1, 0.15) is 49.0 Å². The molecule has 2 aromatic heterocycles. The molecule has 0 aliphatic rings. The first-order valence-corrected chi connectivity index (χ1v) is 11.6. The van der Waals surface area contributed by atoms with Crippen LogP contribution in [0.5, 0.6) is 0 Å². The monoisotopic (exact) mass is 456 g/mol. The number of carbonyl (C=O) groups excluding carboxylic acids is 2. The highest BCUT2D eigenvalue weighted by atomic mass is 16.5. The first-order chi connectivity index (χ1) is 16.6. The molecule has 7 heteroatoms. The number of anilines is 1. The van der Waals surface area contributed by atoms with Gasteiger partial charge in [-0.05, 0) is 37.1 Å². The van der Waals surface area contributed by atoms with Gasteiger partial charge < -0.3 is 14.6 Å². The molecule has 0 radical (unpaired) electrons. The molecule has 0 saturated heterocycles. The number of para-hydroxylation sites is 2. The Balaban J connectivity index is 1.83. The minimum atomic E-state index is -0.534. The average Bonchev–Trinajstić information content (AvgIpc) is 3.14. The third-order valence-corrected chi connectivity index (χ3v) is 5.48. The molecule has 0 saturated carbocycles. The molecule has 0 aliphatic carbocycles. The van der Waals surface area contributed by atoms with Gasteiger partial charge in [-0.15, -0.1) is 0 Å². The lowest BCUT2D eigenvalue weighted by molar-refractivity contribution is -0.111. The van der Waals surface area contributed by atoms with Crippen LogP contribution in [0, 0.1) is 0 Å². The smallest absolute Gasteiger partial charge is 0.344 e. The van der Waals surface area contributed by atoms with Gasteiger partial charge in [-0.3, -0.25) is 4.79 Å². The predicted molar refractivity (Wildman–Crippen MR) is 135 cm³/mol. The lowest BCUT2D eigenvalue weighted by Crippen LogP contribution is -2.16. The molecular weight excluding hydrogens is 428 g/mol. The van der Waals surface area contributed by atoms with Crippen LogP contribution in [-0.4, -0.2) is 33.0 Å². The van der Waals surface area contributed by atoms with Gasteiger partial charge in [0.05, 0.1) is 17.6 Å². The molecule has 0 bridgehead atoms. The van der Waals surface area contributed by atoms with E-state index in [9.17, 15) is 9.59 Å². The fourth-order valence-electron chi connectivity index (χ4n) is 3.86. The second kappa shape index (κ2) is 10.7. The van der Waals surface area contributed by atoms with E-state index in [1.54, 1.807) is 13.0 Å². The number of benzene rings is 2. The highest BCUT2D eigenvalue weighted by Gasteiger charge is 2.27. The van der Waals surface area contributed by atoms with Crippen molar-refractivity contribution in [2.75, 3.05) is 11.9 Å². The number of amides is 1. The summed E-state index contributed by atoms with van der Waals surface area (Å²) in [7, 11) is 0. The average molecular weight is 457 g/mol. The topological polar surface area (TPSA) is 86.1 Å². The first kappa shape index (κ1) is 23.2. The molecular formula is C27H28N4O3. The maximum absolute atomic E-state index is 13.0. The Bertz CT molecular complexity index is 1340. The van der Waals surface area contributed by atoms with E-state index in [4.69, 9.17) is 14.7 Å². The Morgan fingerprint density at radius 1 is 0.971 bits per heavy atom. The number of hydrogen-bond donors (Lipinski definition) is 1. The van der Waals surface area contributed by atoms with E-state index in [2.05, 4.69) is 12.2 Å². The predicted octanol–water partition coefficient (Wildman–Crippen LogP) is 5.60. The molecule has 0 atom stereocenters. The van der Waals surface area contributed by atoms with Crippen LogP contribution in [0.4, 0.5) is 5.82 Å². The summed E-state index contributed by atoms with van der Waals surface area (Å²) in [6.45, 7) is 4.68. The van der Waals surface area contributed by atoms with E-state index >= 15 is 0 Å². The van der Waals surface area contributed by atoms with Crippen molar-refractivity contribution in [3.8, 4) is 0 Å². The highest BCUT2D eigenvalue weighted by molar-refractivity contribution is 6.13. The van der Waals surface area contributed by atoms with Crippen LogP contribution in [-0.2, 0) is 16.1 Å². The van der Waals surface area contributed by atoms with Crippen molar-refractivity contribution in [2.24, 2.45) is 0 Å². The highest BCUT2D eigenvalue weighted by Crippen LogP contribution is 2.31. The molecule has 2 aromatic carbocycles. The first-order valence-electron chi connectivity index (χ1n) is 11.6. The molecule has 0 spiro atoms. The molecule has 4 aromatic rings. The third kappa shape index (κ3) is 4.98. The van der Waals surface area contributed by atoms with Crippen molar-refractivity contribution >= 4 is 46.0 Å². The fourth-order valence-corrected chi connectivity index (χ4v) is 3.86. The SMILES string of the molecule is CCCCCn1c(NC(=O)C=Cc2ccccc2)c(C(=O)OCC)c2nc3ccccc3nc21. The van der Waals surface area contributed by atoms with E-state index in [1.165, 1.54) is 6.08 Å². The molecule has 0 aliphatic heterocycles. The number of nitrogens with one attached hydrogen (secondary N) is 1. The van der Waals surface area contributed by atoms with E-state index < -0.39 is 5.97 Å². The number of hydrogen-bond acceptors (Lipinski definition) is 5. The molecule has 7 nitrogen and oxygen atoms in total. The lowest BCUT2D eigenvalue weighted by Gasteiger charge is -2.11. The summed E-state index contributed by atoms with van der Waals surface area (Å²) in [5.74, 6) is -0.519. The van der Waals surface area contributed by atoms with E-state index in [1.807, 2.05) is 59.2 Å². The van der Waals surface area contributed by atoms with Crippen LogP contribution < -0.4 is 5.32 Å². The number of esters is 1. The molecule has 174 valence electrons. The summed E-state index contributed by atoms with van der Waals surface area (Å²) < 4.78 is 7.23. The van der Waals surface area contributed by atoms with Crippen molar-refractivity contribution in [2.45, 2.75) is 39.7 Å².